The molecule has 0 bridgehead atoms. The Kier molecular flexibility index (Phi) is 5.37. The number of sulfone groups is 1. The molecule has 0 aliphatic carbocycles. The van der Waals surface area contributed by atoms with Gasteiger partial charge in [0.1, 0.15) is 5.75 Å². The van der Waals surface area contributed by atoms with Gasteiger partial charge in [-0.1, -0.05) is 30.3 Å². The number of hydrogen-bond donors (Lipinski definition) is 1. The zero-order valence-corrected chi connectivity index (χ0v) is 14.9. The quantitative estimate of drug-likeness (QED) is 0.777. The number of benzene rings is 2. The maximum absolute atomic E-state index is 12.3. The van der Waals surface area contributed by atoms with Gasteiger partial charge in [0.2, 0.25) is 0 Å². The normalized spacial score (nSPS) is 18.2. The van der Waals surface area contributed by atoms with Crippen molar-refractivity contribution in [3.05, 3.63) is 65.7 Å². The van der Waals surface area contributed by atoms with E-state index in [2.05, 4.69) is 5.32 Å². The first-order chi connectivity index (χ1) is 12.4. The van der Waals surface area contributed by atoms with Crippen molar-refractivity contribution in [2.45, 2.75) is 12.5 Å². The summed E-state index contributed by atoms with van der Waals surface area (Å²) in [6, 6.07) is 15.2. The maximum atomic E-state index is 12.3. The highest BCUT2D eigenvalue weighted by atomic mass is 32.2. The molecule has 0 radical (unpaired) electrons. The van der Waals surface area contributed by atoms with Gasteiger partial charge in [0, 0.05) is 17.2 Å². The number of carbonyl (C=O) groups excluding carboxylic acids is 2. The number of hydrogen-bond acceptors (Lipinski definition) is 5. The Hall–Kier alpha value is -2.67. The summed E-state index contributed by atoms with van der Waals surface area (Å²) in [5.74, 6) is 0.0998. The van der Waals surface area contributed by atoms with Crippen molar-refractivity contribution in [2.75, 3.05) is 18.1 Å². The average molecular weight is 373 g/mol. The second-order valence-electron chi connectivity index (χ2n) is 6.18. The lowest BCUT2D eigenvalue weighted by Crippen LogP contribution is -2.38. The molecule has 1 amide bonds. The van der Waals surface area contributed by atoms with Gasteiger partial charge >= 0.3 is 0 Å². The molecule has 0 saturated carbocycles. The minimum absolute atomic E-state index is 0.0188. The van der Waals surface area contributed by atoms with E-state index in [1.54, 1.807) is 48.5 Å². The van der Waals surface area contributed by atoms with Gasteiger partial charge in [-0.25, -0.2) is 8.42 Å². The van der Waals surface area contributed by atoms with Crippen LogP contribution in [0.25, 0.3) is 0 Å². The lowest BCUT2D eigenvalue weighted by atomic mass is 10.0. The fourth-order valence-electron chi connectivity index (χ4n) is 2.79. The summed E-state index contributed by atoms with van der Waals surface area (Å²) >= 11 is 0. The number of nitrogens with one attached hydrogen (secondary N) is 1. The summed E-state index contributed by atoms with van der Waals surface area (Å²) in [4.78, 5) is 24.2. The Morgan fingerprint density at radius 1 is 1.00 bits per heavy atom. The molecule has 1 aliphatic rings. The molecule has 1 aliphatic heterocycles. The molecule has 1 fully saturated rings. The Bertz CT molecular complexity index is 891. The van der Waals surface area contributed by atoms with E-state index in [9.17, 15) is 18.0 Å². The van der Waals surface area contributed by atoms with Gasteiger partial charge in [0.05, 0.1) is 11.5 Å². The van der Waals surface area contributed by atoms with Crippen LogP contribution < -0.4 is 10.1 Å². The first-order valence-corrected chi connectivity index (χ1v) is 10.1. The molecule has 2 aromatic rings. The van der Waals surface area contributed by atoms with Gasteiger partial charge in [-0.05, 0) is 30.7 Å². The van der Waals surface area contributed by atoms with Crippen molar-refractivity contribution >= 4 is 21.5 Å². The van der Waals surface area contributed by atoms with Gasteiger partial charge < -0.3 is 10.1 Å². The van der Waals surface area contributed by atoms with Crippen molar-refractivity contribution in [1.82, 2.24) is 5.32 Å². The Morgan fingerprint density at radius 3 is 2.27 bits per heavy atom. The van der Waals surface area contributed by atoms with Crippen LogP contribution in [0.4, 0.5) is 0 Å². The van der Waals surface area contributed by atoms with E-state index in [0.717, 1.165) is 0 Å². The van der Waals surface area contributed by atoms with Crippen molar-refractivity contribution in [3.8, 4) is 5.75 Å². The Balaban J connectivity index is 1.51. The predicted octanol–water partition coefficient (Wildman–Crippen LogP) is 1.60. The van der Waals surface area contributed by atoms with E-state index in [-0.39, 0.29) is 35.8 Å². The van der Waals surface area contributed by atoms with Crippen molar-refractivity contribution in [1.29, 1.82) is 0 Å². The summed E-state index contributed by atoms with van der Waals surface area (Å²) in [6.45, 7) is -0.206. The molecule has 3 rings (SSSR count). The highest BCUT2D eigenvalue weighted by Gasteiger charge is 2.28. The molecule has 1 heterocycles. The van der Waals surface area contributed by atoms with Gasteiger partial charge in [-0.15, -0.1) is 0 Å². The van der Waals surface area contributed by atoms with Gasteiger partial charge in [-0.2, -0.15) is 0 Å². The molecule has 0 aromatic heterocycles. The van der Waals surface area contributed by atoms with Gasteiger partial charge in [0.25, 0.3) is 5.91 Å². The van der Waals surface area contributed by atoms with Crippen molar-refractivity contribution in [2.24, 2.45) is 0 Å². The second kappa shape index (κ2) is 7.70. The predicted molar refractivity (Wildman–Crippen MR) is 97.0 cm³/mol. The minimum Gasteiger partial charge on any atom is -0.484 e. The summed E-state index contributed by atoms with van der Waals surface area (Å²) < 4.78 is 28.2. The van der Waals surface area contributed by atoms with Crippen molar-refractivity contribution < 1.29 is 22.7 Å². The Labute approximate surface area is 152 Å². The molecule has 136 valence electrons. The van der Waals surface area contributed by atoms with E-state index in [1.807, 2.05) is 6.07 Å². The largest absolute Gasteiger partial charge is 0.484 e. The van der Waals surface area contributed by atoms with Crippen molar-refractivity contribution in [3.63, 3.8) is 0 Å². The lowest BCUT2D eigenvalue weighted by Gasteiger charge is -2.11. The van der Waals surface area contributed by atoms with Crippen LogP contribution in [0.5, 0.6) is 5.75 Å². The van der Waals surface area contributed by atoms with Crippen LogP contribution >= 0.6 is 0 Å². The SMILES string of the molecule is O=C(COc1ccc(C(=O)c2ccccc2)cc1)NC1CCS(=O)(=O)C1. The van der Waals surface area contributed by atoms with E-state index >= 15 is 0 Å². The van der Waals surface area contributed by atoms with Crippen LogP contribution in [0.15, 0.2) is 54.6 Å². The van der Waals surface area contributed by atoms with Crippen LogP contribution in [0.3, 0.4) is 0 Å². The molecule has 0 spiro atoms. The second-order valence-corrected chi connectivity index (χ2v) is 8.40. The molecule has 6 nitrogen and oxygen atoms in total. The van der Waals surface area contributed by atoms with E-state index < -0.39 is 9.84 Å². The molecule has 2 aromatic carbocycles. The number of rotatable bonds is 6. The highest BCUT2D eigenvalue weighted by molar-refractivity contribution is 7.91. The number of amides is 1. The first kappa shape index (κ1) is 18.1. The highest BCUT2D eigenvalue weighted by Crippen LogP contribution is 2.16. The van der Waals surface area contributed by atoms with Crippen LogP contribution in [0, 0.1) is 0 Å². The molecule has 1 saturated heterocycles. The standard InChI is InChI=1S/C19H19NO5S/c21-18(20-16-10-11-26(23,24)13-16)12-25-17-8-6-15(7-9-17)19(22)14-4-2-1-3-5-14/h1-9,16H,10-13H2,(H,20,21). The van der Waals surface area contributed by atoms with E-state index in [1.165, 1.54) is 0 Å². The third kappa shape index (κ3) is 4.70. The average Bonchev–Trinajstić information content (AvgIpc) is 2.99. The third-order valence-electron chi connectivity index (χ3n) is 4.12. The summed E-state index contributed by atoms with van der Waals surface area (Å²) in [6.07, 6.45) is 0.435. The zero-order valence-electron chi connectivity index (χ0n) is 14.1. The molecule has 7 heteroatoms. The molecule has 1 unspecified atom stereocenters. The lowest BCUT2D eigenvalue weighted by molar-refractivity contribution is -0.123. The fraction of sp³-hybridized carbons (Fsp3) is 0.263. The minimum atomic E-state index is -3.03. The number of carbonyl (C=O) groups is 2. The summed E-state index contributed by atoms with van der Waals surface area (Å²) in [7, 11) is -3.03. The van der Waals surface area contributed by atoms with Crippen LogP contribution in [0.2, 0.25) is 0 Å². The van der Waals surface area contributed by atoms with E-state index in [0.29, 0.717) is 23.3 Å². The van der Waals surface area contributed by atoms with Crippen LogP contribution in [0.1, 0.15) is 22.3 Å². The Morgan fingerprint density at radius 2 is 1.65 bits per heavy atom. The van der Waals surface area contributed by atoms with Crippen LogP contribution in [-0.4, -0.2) is 44.3 Å². The number of ketones is 1. The molecule has 1 N–H and O–H groups in total. The van der Waals surface area contributed by atoms with E-state index in [4.69, 9.17) is 4.74 Å². The monoisotopic (exact) mass is 373 g/mol. The van der Waals surface area contributed by atoms with Crippen LogP contribution in [-0.2, 0) is 14.6 Å². The van der Waals surface area contributed by atoms with Gasteiger partial charge in [0.15, 0.2) is 22.2 Å². The van der Waals surface area contributed by atoms with Gasteiger partial charge in [-0.3, -0.25) is 9.59 Å². The topological polar surface area (TPSA) is 89.5 Å². The first-order valence-electron chi connectivity index (χ1n) is 8.25. The maximum Gasteiger partial charge on any atom is 0.258 e. The molecule has 26 heavy (non-hydrogen) atoms. The smallest absolute Gasteiger partial charge is 0.258 e. The molecular formula is C19H19NO5S. The molecule has 1 atom stereocenters. The third-order valence-corrected chi connectivity index (χ3v) is 5.89. The fourth-order valence-corrected chi connectivity index (χ4v) is 4.46. The molecular weight excluding hydrogens is 354 g/mol. The summed E-state index contributed by atoms with van der Waals surface area (Å²) in [5.41, 5.74) is 1.14. The summed E-state index contributed by atoms with van der Waals surface area (Å²) in [5, 5.41) is 2.66. The zero-order chi connectivity index (χ0) is 18.6. The number of ether oxygens (including phenoxy) is 1.